The molecule has 0 unspecified atom stereocenters. The normalized spacial score (nSPS) is 29.3. The summed E-state index contributed by atoms with van der Waals surface area (Å²) in [6, 6.07) is 0. The summed E-state index contributed by atoms with van der Waals surface area (Å²) in [5.41, 5.74) is 3.16. The summed E-state index contributed by atoms with van der Waals surface area (Å²) in [6.07, 6.45) is 6.76. The summed E-state index contributed by atoms with van der Waals surface area (Å²) < 4.78 is 5.53. The summed E-state index contributed by atoms with van der Waals surface area (Å²) in [7, 11) is 0. The van der Waals surface area contributed by atoms with Crippen molar-refractivity contribution < 1.29 is 9.53 Å². The zero-order valence-electron chi connectivity index (χ0n) is 13.8. The first-order valence-electron chi connectivity index (χ1n) is 8.13. The first-order valence-corrected chi connectivity index (χ1v) is 8.13. The molecule has 0 spiro atoms. The lowest BCUT2D eigenvalue weighted by Gasteiger charge is -2.43. The van der Waals surface area contributed by atoms with Crippen molar-refractivity contribution in [3.63, 3.8) is 0 Å². The number of carbonyl (C=O) groups excluding carboxylic acids is 1. The average molecular weight is 278 g/mol. The molecule has 0 bridgehead atoms. The van der Waals surface area contributed by atoms with Crippen molar-refractivity contribution in [1.29, 1.82) is 0 Å². The number of allylic oxidation sites excluding steroid dienone is 2. The SMILES string of the molecule is CC(C)COC(=O)[C@]1(C)CCC2=C(C1)C(C)(C)CCC2. The van der Waals surface area contributed by atoms with Crippen molar-refractivity contribution >= 4 is 5.97 Å². The van der Waals surface area contributed by atoms with Crippen LogP contribution in [-0.2, 0) is 9.53 Å². The van der Waals surface area contributed by atoms with Gasteiger partial charge >= 0.3 is 5.97 Å². The zero-order chi connectivity index (χ0) is 15.0. The van der Waals surface area contributed by atoms with Crippen LogP contribution >= 0.6 is 0 Å². The molecular weight excluding hydrogens is 248 g/mol. The molecule has 20 heavy (non-hydrogen) atoms. The van der Waals surface area contributed by atoms with E-state index >= 15 is 0 Å². The zero-order valence-corrected chi connectivity index (χ0v) is 13.8. The molecular formula is C18H30O2. The van der Waals surface area contributed by atoms with Crippen molar-refractivity contribution in [2.24, 2.45) is 16.7 Å². The Kier molecular flexibility index (Phi) is 4.32. The third-order valence-electron chi connectivity index (χ3n) is 5.11. The van der Waals surface area contributed by atoms with E-state index in [9.17, 15) is 4.79 Å². The minimum absolute atomic E-state index is 0.0131. The van der Waals surface area contributed by atoms with Crippen molar-refractivity contribution in [3.05, 3.63) is 11.1 Å². The maximum Gasteiger partial charge on any atom is 0.312 e. The van der Waals surface area contributed by atoms with Gasteiger partial charge in [-0.05, 0) is 56.8 Å². The van der Waals surface area contributed by atoms with Gasteiger partial charge in [-0.3, -0.25) is 4.79 Å². The van der Waals surface area contributed by atoms with Crippen molar-refractivity contribution in [1.82, 2.24) is 0 Å². The quantitative estimate of drug-likeness (QED) is 0.543. The van der Waals surface area contributed by atoms with E-state index in [0.29, 0.717) is 12.5 Å². The summed E-state index contributed by atoms with van der Waals surface area (Å²) in [4.78, 5) is 12.5. The van der Waals surface area contributed by atoms with Crippen molar-refractivity contribution in [2.45, 2.75) is 73.1 Å². The average Bonchev–Trinajstić information content (AvgIpc) is 2.36. The maximum atomic E-state index is 12.5. The van der Waals surface area contributed by atoms with E-state index in [1.165, 1.54) is 19.3 Å². The third kappa shape index (κ3) is 3.10. The highest BCUT2D eigenvalue weighted by molar-refractivity contribution is 5.77. The summed E-state index contributed by atoms with van der Waals surface area (Å²) in [6.45, 7) is 11.5. The van der Waals surface area contributed by atoms with E-state index in [-0.39, 0.29) is 16.8 Å². The predicted molar refractivity (Wildman–Crippen MR) is 82.4 cm³/mol. The van der Waals surface area contributed by atoms with Crippen LogP contribution in [-0.4, -0.2) is 12.6 Å². The maximum absolute atomic E-state index is 12.5. The van der Waals surface area contributed by atoms with Gasteiger partial charge in [-0.15, -0.1) is 0 Å². The molecule has 2 heteroatoms. The molecule has 2 rings (SSSR count). The fourth-order valence-electron chi connectivity index (χ4n) is 3.66. The largest absolute Gasteiger partial charge is 0.465 e. The standard InChI is InChI=1S/C18H30O2/c1-13(2)12-20-16(19)18(5)10-8-14-7-6-9-17(3,4)15(14)11-18/h13H,6-12H2,1-5H3/t18-/m1/s1. The molecule has 2 aliphatic carbocycles. The van der Waals surface area contributed by atoms with Crippen molar-refractivity contribution in [3.8, 4) is 0 Å². The molecule has 0 fully saturated rings. The lowest BCUT2D eigenvalue weighted by atomic mass is 9.61. The molecule has 0 aliphatic heterocycles. The van der Waals surface area contributed by atoms with Gasteiger partial charge in [0, 0.05) is 0 Å². The van der Waals surface area contributed by atoms with Crippen LogP contribution in [0.4, 0.5) is 0 Å². The van der Waals surface area contributed by atoms with Gasteiger partial charge in [0.25, 0.3) is 0 Å². The van der Waals surface area contributed by atoms with Crippen LogP contribution in [0.3, 0.4) is 0 Å². The Balaban J connectivity index is 2.13. The van der Waals surface area contributed by atoms with Crippen LogP contribution in [0.2, 0.25) is 0 Å². The monoisotopic (exact) mass is 278 g/mol. The van der Waals surface area contributed by atoms with E-state index in [1.807, 2.05) is 0 Å². The van der Waals surface area contributed by atoms with E-state index in [1.54, 1.807) is 11.1 Å². The number of esters is 1. The minimum atomic E-state index is -0.303. The lowest BCUT2D eigenvalue weighted by Crippen LogP contribution is -2.37. The highest BCUT2D eigenvalue weighted by atomic mass is 16.5. The third-order valence-corrected chi connectivity index (χ3v) is 5.11. The van der Waals surface area contributed by atoms with Crippen LogP contribution in [0.1, 0.15) is 73.1 Å². The van der Waals surface area contributed by atoms with Crippen molar-refractivity contribution in [2.75, 3.05) is 6.61 Å². The molecule has 0 heterocycles. The number of carbonyl (C=O) groups is 1. The number of hydrogen-bond acceptors (Lipinski definition) is 2. The molecule has 0 saturated carbocycles. The first kappa shape index (κ1) is 15.6. The molecule has 0 aromatic rings. The second-order valence-electron chi connectivity index (χ2n) is 8.05. The van der Waals surface area contributed by atoms with Gasteiger partial charge in [0.2, 0.25) is 0 Å². The second kappa shape index (κ2) is 5.54. The summed E-state index contributed by atoms with van der Waals surface area (Å²) in [5.74, 6) is 0.422. The van der Waals surface area contributed by atoms with E-state index in [4.69, 9.17) is 4.74 Å². The highest BCUT2D eigenvalue weighted by Crippen LogP contribution is 2.51. The van der Waals surface area contributed by atoms with E-state index in [2.05, 4.69) is 34.6 Å². The Morgan fingerprint density at radius 1 is 1.20 bits per heavy atom. The Hall–Kier alpha value is -0.790. The lowest BCUT2D eigenvalue weighted by molar-refractivity contribution is -0.157. The Morgan fingerprint density at radius 2 is 1.90 bits per heavy atom. The van der Waals surface area contributed by atoms with Crippen LogP contribution in [0.5, 0.6) is 0 Å². The van der Waals surface area contributed by atoms with Gasteiger partial charge in [0.05, 0.1) is 12.0 Å². The van der Waals surface area contributed by atoms with Crippen LogP contribution in [0.25, 0.3) is 0 Å². The first-order chi connectivity index (χ1) is 9.24. The fraction of sp³-hybridized carbons (Fsp3) is 0.833. The van der Waals surface area contributed by atoms with Crippen LogP contribution in [0.15, 0.2) is 11.1 Å². The Morgan fingerprint density at radius 3 is 2.55 bits per heavy atom. The predicted octanol–water partition coefficient (Wildman–Crippen LogP) is 4.88. The van der Waals surface area contributed by atoms with Gasteiger partial charge in [-0.25, -0.2) is 0 Å². The van der Waals surface area contributed by atoms with Crippen LogP contribution < -0.4 is 0 Å². The molecule has 114 valence electrons. The van der Waals surface area contributed by atoms with Gasteiger partial charge in [0.1, 0.15) is 0 Å². The smallest absolute Gasteiger partial charge is 0.312 e. The molecule has 0 aromatic carbocycles. The number of hydrogen-bond donors (Lipinski definition) is 0. The molecule has 0 saturated heterocycles. The van der Waals surface area contributed by atoms with E-state index in [0.717, 1.165) is 19.3 Å². The molecule has 2 nitrogen and oxygen atoms in total. The molecule has 0 radical (unpaired) electrons. The number of rotatable bonds is 3. The van der Waals surface area contributed by atoms with Gasteiger partial charge in [-0.2, -0.15) is 0 Å². The molecule has 1 atom stereocenters. The topological polar surface area (TPSA) is 26.3 Å². The summed E-state index contributed by atoms with van der Waals surface area (Å²) in [5, 5.41) is 0. The van der Waals surface area contributed by atoms with Gasteiger partial charge in [-0.1, -0.05) is 38.8 Å². The van der Waals surface area contributed by atoms with E-state index < -0.39 is 0 Å². The summed E-state index contributed by atoms with van der Waals surface area (Å²) >= 11 is 0. The molecule has 0 aromatic heterocycles. The Labute approximate surface area is 124 Å². The van der Waals surface area contributed by atoms with Gasteiger partial charge in [0.15, 0.2) is 0 Å². The minimum Gasteiger partial charge on any atom is -0.465 e. The second-order valence-corrected chi connectivity index (χ2v) is 8.05. The number of ether oxygens (including phenoxy) is 1. The molecule has 2 aliphatic rings. The fourth-order valence-corrected chi connectivity index (χ4v) is 3.66. The molecule has 0 N–H and O–H groups in total. The van der Waals surface area contributed by atoms with Gasteiger partial charge < -0.3 is 4.74 Å². The van der Waals surface area contributed by atoms with Crippen LogP contribution in [0, 0.1) is 16.7 Å². The Bertz CT molecular complexity index is 417. The molecule has 0 amide bonds. The highest BCUT2D eigenvalue weighted by Gasteiger charge is 2.43.